The number of rotatable bonds is 10. The van der Waals surface area contributed by atoms with Crippen molar-refractivity contribution >= 4 is 0 Å². The van der Waals surface area contributed by atoms with Gasteiger partial charge in [0.2, 0.25) is 0 Å². The van der Waals surface area contributed by atoms with E-state index in [9.17, 15) is 0 Å². The second kappa shape index (κ2) is 9.88. The van der Waals surface area contributed by atoms with Crippen molar-refractivity contribution in [3.63, 3.8) is 0 Å². The number of nitrogens with one attached hydrogen (secondary N) is 1. The highest BCUT2D eigenvalue weighted by molar-refractivity contribution is 5.29. The van der Waals surface area contributed by atoms with Gasteiger partial charge in [0.25, 0.3) is 0 Å². The van der Waals surface area contributed by atoms with E-state index in [4.69, 9.17) is 10.5 Å². The molecule has 0 aliphatic carbocycles. The molecule has 4 nitrogen and oxygen atoms in total. The first-order chi connectivity index (χ1) is 9.76. The van der Waals surface area contributed by atoms with E-state index in [1.807, 2.05) is 6.07 Å². The SMILES string of the molecule is CCN(CC)CCNC(CN)c1ccccc1COC. The van der Waals surface area contributed by atoms with Crippen molar-refractivity contribution in [1.29, 1.82) is 0 Å². The lowest BCUT2D eigenvalue weighted by molar-refractivity contribution is 0.183. The van der Waals surface area contributed by atoms with Crippen LogP contribution in [0.5, 0.6) is 0 Å². The van der Waals surface area contributed by atoms with Crippen LogP contribution in [0.3, 0.4) is 0 Å². The van der Waals surface area contributed by atoms with Crippen LogP contribution in [0.25, 0.3) is 0 Å². The maximum absolute atomic E-state index is 5.93. The highest BCUT2D eigenvalue weighted by Crippen LogP contribution is 2.18. The van der Waals surface area contributed by atoms with E-state index in [0.717, 1.165) is 26.2 Å². The molecule has 0 amide bonds. The van der Waals surface area contributed by atoms with Crippen molar-refractivity contribution in [2.45, 2.75) is 26.5 Å². The maximum Gasteiger partial charge on any atom is 0.0716 e. The van der Waals surface area contributed by atoms with Crippen LogP contribution < -0.4 is 11.1 Å². The molecule has 0 saturated carbocycles. The van der Waals surface area contributed by atoms with Crippen LogP contribution in [0.15, 0.2) is 24.3 Å². The Morgan fingerprint density at radius 1 is 1.25 bits per heavy atom. The number of hydrogen-bond donors (Lipinski definition) is 2. The molecule has 0 fully saturated rings. The van der Waals surface area contributed by atoms with Gasteiger partial charge in [-0.1, -0.05) is 38.1 Å². The summed E-state index contributed by atoms with van der Waals surface area (Å²) in [7, 11) is 1.72. The van der Waals surface area contributed by atoms with E-state index in [1.54, 1.807) is 7.11 Å². The van der Waals surface area contributed by atoms with Crippen LogP contribution >= 0.6 is 0 Å². The van der Waals surface area contributed by atoms with Gasteiger partial charge >= 0.3 is 0 Å². The van der Waals surface area contributed by atoms with E-state index in [-0.39, 0.29) is 6.04 Å². The van der Waals surface area contributed by atoms with Crippen molar-refractivity contribution < 1.29 is 4.74 Å². The molecular formula is C16H29N3O. The average Bonchev–Trinajstić information content (AvgIpc) is 2.49. The fraction of sp³-hybridized carbons (Fsp3) is 0.625. The summed E-state index contributed by atoms with van der Waals surface area (Å²) in [6.07, 6.45) is 0. The molecule has 0 aliphatic rings. The summed E-state index contributed by atoms with van der Waals surface area (Å²) in [5.41, 5.74) is 8.39. The van der Waals surface area contributed by atoms with Crippen molar-refractivity contribution in [2.24, 2.45) is 5.73 Å². The van der Waals surface area contributed by atoms with Gasteiger partial charge in [-0.25, -0.2) is 0 Å². The topological polar surface area (TPSA) is 50.5 Å². The van der Waals surface area contributed by atoms with Gasteiger partial charge in [0.05, 0.1) is 6.61 Å². The Morgan fingerprint density at radius 3 is 2.55 bits per heavy atom. The molecule has 1 unspecified atom stereocenters. The summed E-state index contributed by atoms with van der Waals surface area (Å²) < 4.78 is 5.26. The molecule has 20 heavy (non-hydrogen) atoms. The lowest BCUT2D eigenvalue weighted by Crippen LogP contribution is -2.36. The van der Waals surface area contributed by atoms with Gasteiger partial charge in [-0.2, -0.15) is 0 Å². The molecule has 1 rings (SSSR count). The summed E-state index contributed by atoms with van der Waals surface area (Å²) in [5, 5.41) is 3.56. The van der Waals surface area contributed by atoms with E-state index in [2.05, 4.69) is 42.3 Å². The molecule has 0 spiro atoms. The quantitative estimate of drug-likeness (QED) is 0.685. The molecule has 3 N–H and O–H groups in total. The molecule has 0 saturated heterocycles. The number of methoxy groups -OCH3 is 1. The van der Waals surface area contributed by atoms with Gasteiger partial charge in [0.1, 0.15) is 0 Å². The minimum absolute atomic E-state index is 0.192. The predicted octanol–water partition coefficient (Wildman–Crippen LogP) is 1.76. The minimum atomic E-state index is 0.192. The van der Waals surface area contributed by atoms with Crippen molar-refractivity contribution in [1.82, 2.24) is 10.2 Å². The first-order valence-electron chi connectivity index (χ1n) is 7.49. The Balaban J connectivity index is 2.61. The third-order valence-electron chi connectivity index (χ3n) is 3.68. The molecule has 114 valence electrons. The summed E-state index contributed by atoms with van der Waals surface area (Å²) in [4.78, 5) is 2.40. The summed E-state index contributed by atoms with van der Waals surface area (Å²) in [5.74, 6) is 0. The van der Waals surface area contributed by atoms with Crippen molar-refractivity contribution in [3.05, 3.63) is 35.4 Å². The van der Waals surface area contributed by atoms with Crippen LogP contribution in [0.4, 0.5) is 0 Å². The molecule has 0 bridgehead atoms. The summed E-state index contributed by atoms with van der Waals surface area (Å²) >= 11 is 0. The second-order valence-electron chi connectivity index (χ2n) is 4.90. The van der Waals surface area contributed by atoms with Crippen molar-refractivity contribution in [3.8, 4) is 0 Å². The van der Waals surface area contributed by atoms with Gasteiger partial charge in [0.15, 0.2) is 0 Å². The van der Waals surface area contributed by atoms with Crippen LogP contribution in [-0.4, -0.2) is 44.7 Å². The highest BCUT2D eigenvalue weighted by atomic mass is 16.5. The van der Waals surface area contributed by atoms with Crippen molar-refractivity contribution in [2.75, 3.05) is 39.8 Å². The van der Waals surface area contributed by atoms with E-state index >= 15 is 0 Å². The average molecular weight is 279 g/mol. The van der Waals surface area contributed by atoms with E-state index < -0.39 is 0 Å². The molecule has 4 heteroatoms. The van der Waals surface area contributed by atoms with Gasteiger partial charge in [-0.05, 0) is 24.2 Å². The zero-order chi connectivity index (χ0) is 14.8. The zero-order valence-electron chi connectivity index (χ0n) is 13.1. The van der Waals surface area contributed by atoms with Crippen LogP contribution in [0.2, 0.25) is 0 Å². The van der Waals surface area contributed by atoms with Gasteiger partial charge < -0.3 is 20.7 Å². The van der Waals surface area contributed by atoms with E-state index in [0.29, 0.717) is 13.2 Å². The number of likely N-dealkylation sites (N-methyl/N-ethyl adjacent to an activating group) is 1. The smallest absolute Gasteiger partial charge is 0.0716 e. The third-order valence-corrected chi connectivity index (χ3v) is 3.68. The Hall–Kier alpha value is -0.940. The maximum atomic E-state index is 5.93. The molecule has 1 aromatic rings. The largest absolute Gasteiger partial charge is 0.380 e. The Morgan fingerprint density at radius 2 is 1.95 bits per heavy atom. The highest BCUT2D eigenvalue weighted by Gasteiger charge is 2.13. The molecule has 0 aliphatic heterocycles. The number of hydrogen-bond acceptors (Lipinski definition) is 4. The lowest BCUT2D eigenvalue weighted by atomic mass is 10.0. The normalized spacial score (nSPS) is 12.8. The molecule has 0 heterocycles. The Kier molecular flexibility index (Phi) is 8.46. The summed E-state index contributed by atoms with van der Waals surface area (Å²) in [6, 6.07) is 8.53. The molecule has 1 atom stereocenters. The predicted molar refractivity (Wildman–Crippen MR) is 84.7 cm³/mol. The fourth-order valence-corrected chi connectivity index (χ4v) is 2.42. The number of nitrogens with zero attached hydrogens (tertiary/aromatic N) is 1. The van der Waals surface area contributed by atoms with Gasteiger partial charge in [-0.3, -0.25) is 0 Å². The van der Waals surface area contributed by atoms with Crippen LogP contribution in [0.1, 0.15) is 31.0 Å². The first kappa shape index (κ1) is 17.1. The molecule has 0 radical (unpaired) electrons. The Labute approximate surface area is 123 Å². The van der Waals surface area contributed by atoms with E-state index in [1.165, 1.54) is 11.1 Å². The fourth-order valence-electron chi connectivity index (χ4n) is 2.42. The molecule has 0 aromatic heterocycles. The summed E-state index contributed by atoms with van der Waals surface area (Å²) in [6.45, 7) is 9.79. The Bertz CT molecular complexity index is 366. The standard InChI is InChI=1S/C16H29N3O/c1-4-19(5-2)11-10-18-16(12-17)15-9-7-6-8-14(15)13-20-3/h6-9,16,18H,4-5,10-13,17H2,1-3H3. The number of benzene rings is 1. The third kappa shape index (κ3) is 5.21. The number of nitrogens with two attached hydrogens (primary N) is 1. The number of ether oxygens (including phenoxy) is 1. The zero-order valence-corrected chi connectivity index (χ0v) is 13.1. The lowest BCUT2D eigenvalue weighted by Gasteiger charge is -2.23. The molecular weight excluding hydrogens is 250 g/mol. The van der Waals surface area contributed by atoms with Crippen LogP contribution in [-0.2, 0) is 11.3 Å². The first-order valence-corrected chi connectivity index (χ1v) is 7.49. The second-order valence-corrected chi connectivity index (χ2v) is 4.90. The van der Waals surface area contributed by atoms with Crippen LogP contribution in [0, 0.1) is 0 Å². The minimum Gasteiger partial charge on any atom is -0.380 e. The van der Waals surface area contributed by atoms with Gasteiger partial charge in [0, 0.05) is 32.8 Å². The monoisotopic (exact) mass is 279 g/mol. The molecule has 1 aromatic carbocycles. The van der Waals surface area contributed by atoms with Gasteiger partial charge in [-0.15, -0.1) is 0 Å².